The van der Waals surface area contributed by atoms with E-state index in [9.17, 15) is 0 Å². The molecule has 3 heteroatoms. The first-order valence-electron chi connectivity index (χ1n) is 6.78. The number of nitrogens with two attached hydrogens (primary N) is 1. The summed E-state index contributed by atoms with van der Waals surface area (Å²) in [6.07, 6.45) is 7.53. The zero-order chi connectivity index (χ0) is 13.0. The third-order valence-electron chi connectivity index (χ3n) is 3.99. The van der Waals surface area contributed by atoms with Gasteiger partial charge in [-0.15, -0.1) is 0 Å². The summed E-state index contributed by atoms with van der Waals surface area (Å²) < 4.78 is 6.26. The highest BCUT2D eigenvalue weighted by Crippen LogP contribution is 2.29. The summed E-state index contributed by atoms with van der Waals surface area (Å²) in [7, 11) is 1.69. The van der Waals surface area contributed by atoms with Crippen LogP contribution in [-0.2, 0) is 6.42 Å². The highest BCUT2D eigenvalue weighted by Gasteiger charge is 2.21. The van der Waals surface area contributed by atoms with Gasteiger partial charge in [-0.25, -0.2) is 0 Å². The van der Waals surface area contributed by atoms with Gasteiger partial charge in [0, 0.05) is 6.04 Å². The maximum Gasteiger partial charge on any atom is 0.133 e. The Kier molecular flexibility index (Phi) is 5.07. The molecule has 1 fully saturated rings. The predicted molar refractivity (Wildman–Crippen MR) is 78.9 cm³/mol. The van der Waals surface area contributed by atoms with E-state index in [0.29, 0.717) is 6.04 Å². The molecule has 2 N–H and O–H groups in total. The van der Waals surface area contributed by atoms with E-state index in [0.717, 1.165) is 29.0 Å². The van der Waals surface area contributed by atoms with Gasteiger partial charge in [0.05, 0.1) is 11.6 Å². The predicted octanol–water partition coefficient (Wildman–Crippen LogP) is 3.91. The molecule has 2 nitrogen and oxygen atoms in total. The van der Waals surface area contributed by atoms with Crippen molar-refractivity contribution in [2.75, 3.05) is 7.11 Å². The van der Waals surface area contributed by atoms with Gasteiger partial charge in [-0.3, -0.25) is 0 Å². The third kappa shape index (κ3) is 3.48. The quantitative estimate of drug-likeness (QED) is 0.895. The van der Waals surface area contributed by atoms with Crippen LogP contribution in [0, 0.1) is 5.92 Å². The van der Waals surface area contributed by atoms with E-state index < -0.39 is 0 Å². The van der Waals surface area contributed by atoms with Crippen molar-refractivity contribution in [3.8, 4) is 5.75 Å². The molecule has 1 aliphatic rings. The van der Waals surface area contributed by atoms with Crippen LogP contribution in [-0.4, -0.2) is 13.2 Å². The molecule has 0 amide bonds. The van der Waals surface area contributed by atoms with Crippen LogP contribution in [0.25, 0.3) is 0 Å². The van der Waals surface area contributed by atoms with Gasteiger partial charge in [0.2, 0.25) is 0 Å². The maximum atomic E-state index is 6.28. The Morgan fingerprint density at radius 1 is 1.39 bits per heavy atom. The molecular weight excluding hydrogens is 290 g/mol. The van der Waals surface area contributed by atoms with Crippen LogP contribution in [0.1, 0.15) is 37.7 Å². The zero-order valence-corrected chi connectivity index (χ0v) is 12.6. The molecule has 0 bridgehead atoms. The van der Waals surface area contributed by atoms with E-state index in [2.05, 4.69) is 28.1 Å². The van der Waals surface area contributed by atoms with Crippen molar-refractivity contribution < 1.29 is 4.74 Å². The van der Waals surface area contributed by atoms with E-state index in [4.69, 9.17) is 10.5 Å². The van der Waals surface area contributed by atoms with Crippen molar-refractivity contribution in [1.29, 1.82) is 0 Å². The molecular formula is C15H22BrNO. The second kappa shape index (κ2) is 6.58. The molecule has 2 rings (SSSR count). The minimum Gasteiger partial charge on any atom is -0.496 e. The molecule has 1 aromatic carbocycles. The van der Waals surface area contributed by atoms with E-state index in [1.165, 1.54) is 31.2 Å². The zero-order valence-electron chi connectivity index (χ0n) is 11.0. The van der Waals surface area contributed by atoms with Crippen LogP contribution in [0.15, 0.2) is 22.7 Å². The van der Waals surface area contributed by atoms with E-state index in [1.54, 1.807) is 7.11 Å². The van der Waals surface area contributed by atoms with Crippen LogP contribution >= 0.6 is 15.9 Å². The summed E-state index contributed by atoms with van der Waals surface area (Å²) in [5.41, 5.74) is 7.61. The summed E-state index contributed by atoms with van der Waals surface area (Å²) >= 11 is 3.52. The van der Waals surface area contributed by atoms with Gasteiger partial charge in [0.25, 0.3) is 0 Å². The Bertz CT molecular complexity index is 388. The fourth-order valence-corrected chi connectivity index (χ4v) is 3.41. The molecule has 0 spiro atoms. The molecule has 0 aliphatic heterocycles. The molecule has 0 saturated heterocycles. The molecule has 0 heterocycles. The second-order valence-electron chi connectivity index (χ2n) is 5.22. The molecule has 1 aromatic rings. The van der Waals surface area contributed by atoms with Crippen molar-refractivity contribution in [3.63, 3.8) is 0 Å². The average molecular weight is 312 g/mol. The molecule has 0 radical (unpaired) electrons. The number of hydrogen-bond donors (Lipinski definition) is 1. The lowest BCUT2D eigenvalue weighted by atomic mass is 9.93. The van der Waals surface area contributed by atoms with Gasteiger partial charge in [0.1, 0.15) is 5.75 Å². The summed E-state index contributed by atoms with van der Waals surface area (Å²) in [4.78, 5) is 0. The van der Waals surface area contributed by atoms with E-state index in [1.807, 2.05) is 6.07 Å². The van der Waals surface area contributed by atoms with Crippen LogP contribution < -0.4 is 10.5 Å². The minimum atomic E-state index is 0.369. The van der Waals surface area contributed by atoms with Crippen LogP contribution in [0.4, 0.5) is 0 Å². The number of halogens is 1. The Balaban J connectivity index is 1.87. The number of rotatable bonds is 5. The number of ether oxygens (including phenoxy) is 1. The van der Waals surface area contributed by atoms with Gasteiger partial charge < -0.3 is 10.5 Å². The van der Waals surface area contributed by atoms with Gasteiger partial charge >= 0.3 is 0 Å². The van der Waals surface area contributed by atoms with Crippen LogP contribution in [0.5, 0.6) is 5.75 Å². The average Bonchev–Trinajstić information content (AvgIpc) is 2.90. The standard InChI is InChI=1S/C15H22BrNO/c1-18-15-9-7-11(10-13(15)16)6-8-14(17)12-4-2-3-5-12/h7,9-10,12,14H,2-6,8,17H2,1H3. The highest BCUT2D eigenvalue weighted by atomic mass is 79.9. The Labute approximate surface area is 118 Å². The fourth-order valence-electron chi connectivity index (χ4n) is 2.82. The molecule has 0 aromatic heterocycles. The van der Waals surface area contributed by atoms with E-state index in [-0.39, 0.29) is 0 Å². The highest BCUT2D eigenvalue weighted by molar-refractivity contribution is 9.10. The number of aryl methyl sites for hydroxylation is 1. The van der Waals surface area contributed by atoms with Crippen molar-refractivity contribution in [2.24, 2.45) is 11.7 Å². The first kappa shape index (κ1) is 13.9. The van der Waals surface area contributed by atoms with E-state index >= 15 is 0 Å². The number of methoxy groups -OCH3 is 1. The topological polar surface area (TPSA) is 35.2 Å². The summed E-state index contributed by atoms with van der Waals surface area (Å²) in [5, 5.41) is 0. The van der Waals surface area contributed by atoms with Crippen LogP contribution in [0.3, 0.4) is 0 Å². The molecule has 1 aliphatic carbocycles. The molecule has 1 unspecified atom stereocenters. The summed E-state index contributed by atoms with van der Waals surface area (Å²) in [6, 6.07) is 6.65. The van der Waals surface area contributed by atoms with Crippen molar-refractivity contribution in [1.82, 2.24) is 0 Å². The second-order valence-corrected chi connectivity index (χ2v) is 6.07. The van der Waals surface area contributed by atoms with Gasteiger partial charge in [-0.2, -0.15) is 0 Å². The minimum absolute atomic E-state index is 0.369. The Hall–Kier alpha value is -0.540. The van der Waals surface area contributed by atoms with Crippen LogP contribution in [0.2, 0.25) is 0 Å². The lowest BCUT2D eigenvalue weighted by Gasteiger charge is -2.18. The molecule has 1 atom stereocenters. The first-order valence-corrected chi connectivity index (χ1v) is 7.58. The Morgan fingerprint density at radius 3 is 2.72 bits per heavy atom. The molecule has 100 valence electrons. The normalized spacial score (nSPS) is 17.9. The number of benzene rings is 1. The maximum absolute atomic E-state index is 6.28. The smallest absolute Gasteiger partial charge is 0.133 e. The lowest BCUT2D eigenvalue weighted by Crippen LogP contribution is -2.28. The number of hydrogen-bond acceptors (Lipinski definition) is 2. The monoisotopic (exact) mass is 311 g/mol. The van der Waals surface area contributed by atoms with Crippen molar-refractivity contribution in [3.05, 3.63) is 28.2 Å². The fraction of sp³-hybridized carbons (Fsp3) is 0.600. The largest absolute Gasteiger partial charge is 0.496 e. The summed E-state index contributed by atoms with van der Waals surface area (Å²) in [6.45, 7) is 0. The SMILES string of the molecule is COc1ccc(CCC(N)C2CCCC2)cc1Br. The summed E-state index contributed by atoms with van der Waals surface area (Å²) in [5.74, 6) is 1.64. The van der Waals surface area contributed by atoms with Crippen molar-refractivity contribution in [2.45, 2.75) is 44.6 Å². The first-order chi connectivity index (χ1) is 8.70. The lowest BCUT2D eigenvalue weighted by molar-refractivity contribution is 0.408. The molecule has 18 heavy (non-hydrogen) atoms. The van der Waals surface area contributed by atoms with Gasteiger partial charge in [0.15, 0.2) is 0 Å². The Morgan fingerprint density at radius 2 is 2.11 bits per heavy atom. The molecule has 1 saturated carbocycles. The van der Waals surface area contributed by atoms with Crippen molar-refractivity contribution >= 4 is 15.9 Å². The third-order valence-corrected chi connectivity index (χ3v) is 4.61. The van der Waals surface area contributed by atoms with Gasteiger partial charge in [-0.1, -0.05) is 18.9 Å². The van der Waals surface area contributed by atoms with Gasteiger partial charge in [-0.05, 0) is 65.2 Å².